The molecule has 0 heterocycles. The van der Waals surface area contributed by atoms with Gasteiger partial charge >= 0.3 is 5.97 Å². The van der Waals surface area contributed by atoms with Crippen LogP contribution in [-0.2, 0) is 9.53 Å². The van der Waals surface area contributed by atoms with E-state index < -0.39 is 23.8 Å². The van der Waals surface area contributed by atoms with Crippen molar-refractivity contribution in [2.45, 2.75) is 13.0 Å². The quantitative estimate of drug-likeness (QED) is 0.839. The first kappa shape index (κ1) is 16.8. The SMILES string of the molecule is C[C@H](OC(=O)c1ccccc1O)C(=O)Nc1ccc(F)cc1Cl. The summed E-state index contributed by atoms with van der Waals surface area (Å²) in [6, 6.07) is 9.31. The monoisotopic (exact) mass is 337 g/mol. The molecule has 5 nitrogen and oxygen atoms in total. The van der Waals surface area contributed by atoms with Gasteiger partial charge in [0.05, 0.1) is 10.7 Å². The second kappa shape index (κ2) is 7.11. The van der Waals surface area contributed by atoms with E-state index in [2.05, 4.69) is 5.32 Å². The minimum atomic E-state index is -1.14. The number of nitrogens with one attached hydrogen (secondary N) is 1. The average Bonchev–Trinajstić information content (AvgIpc) is 2.50. The zero-order chi connectivity index (χ0) is 17.0. The van der Waals surface area contributed by atoms with E-state index in [0.717, 1.165) is 12.1 Å². The van der Waals surface area contributed by atoms with Crippen LogP contribution >= 0.6 is 11.6 Å². The van der Waals surface area contributed by atoms with Gasteiger partial charge in [-0.15, -0.1) is 0 Å². The molecule has 120 valence electrons. The Bertz CT molecular complexity index is 751. The van der Waals surface area contributed by atoms with Crippen molar-refractivity contribution in [1.29, 1.82) is 0 Å². The van der Waals surface area contributed by atoms with Crippen molar-refractivity contribution in [3.63, 3.8) is 0 Å². The van der Waals surface area contributed by atoms with Crippen molar-refractivity contribution in [1.82, 2.24) is 0 Å². The van der Waals surface area contributed by atoms with Crippen LogP contribution < -0.4 is 5.32 Å². The van der Waals surface area contributed by atoms with E-state index in [0.29, 0.717) is 0 Å². The molecule has 0 radical (unpaired) electrons. The maximum absolute atomic E-state index is 13.0. The molecular weight excluding hydrogens is 325 g/mol. The van der Waals surface area contributed by atoms with Gasteiger partial charge in [0.1, 0.15) is 17.1 Å². The molecule has 0 aliphatic heterocycles. The second-order valence-electron chi connectivity index (χ2n) is 4.68. The highest BCUT2D eigenvalue weighted by atomic mass is 35.5. The highest BCUT2D eigenvalue weighted by molar-refractivity contribution is 6.33. The number of hydrogen-bond donors (Lipinski definition) is 2. The lowest BCUT2D eigenvalue weighted by molar-refractivity contribution is -0.123. The average molecular weight is 338 g/mol. The predicted molar refractivity (Wildman–Crippen MR) is 83.0 cm³/mol. The number of amides is 1. The molecule has 0 spiro atoms. The fraction of sp³-hybridized carbons (Fsp3) is 0.125. The summed E-state index contributed by atoms with van der Waals surface area (Å²) in [5.74, 6) is -2.25. The van der Waals surface area contributed by atoms with Crippen LogP contribution in [0.25, 0.3) is 0 Å². The van der Waals surface area contributed by atoms with Gasteiger partial charge in [0.2, 0.25) is 0 Å². The highest BCUT2D eigenvalue weighted by Gasteiger charge is 2.21. The lowest BCUT2D eigenvalue weighted by Crippen LogP contribution is -2.30. The van der Waals surface area contributed by atoms with E-state index in [1.807, 2.05) is 0 Å². The maximum atomic E-state index is 13.0. The van der Waals surface area contributed by atoms with Crippen molar-refractivity contribution in [3.05, 3.63) is 58.9 Å². The smallest absolute Gasteiger partial charge is 0.342 e. The van der Waals surface area contributed by atoms with Crippen LogP contribution in [-0.4, -0.2) is 23.1 Å². The van der Waals surface area contributed by atoms with E-state index >= 15 is 0 Å². The minimum absolute atomic E-state index is 0.0255. The fourth-order valence-electron chi connectivity index (χ4n) is 1.75. The Morgan fingerprint density at radius 3 is 2.61 bits per heavy atom. The number of ether oxygens (including phenoxy) is 1. The molecule has 0 unspecified atom stereocenters. The third-order valence-corrected chi connectivity index (χ3v) is 3.28. The summed E-state index contributed by atoms with van der Waals surface area (Å²) in [5, 5.41) is 12.0. The van der Waals surface area contributed by atoms with Gasteiger partial charge in [-0.3, -0.25) is 4.79 Å². The van der Waals surface area contributed by atoms with Crippen LogP contribution in [0.4, 0.5) is 10.1 Å². The van der Waals surface area contributed by atoms with Crippen molar-refractivity contribution in [3.8, 4) is 5.75 Å². The first-order valence-electron chi connectivity index (χ1n) is 6.63. The number of benzene rings is 2. The number of phenolic OH excluding ortho intramolecular Hbond substituents is 1. The number of rotatable bonds is 4. The zero-order valence-corrected chi connectivity index (χ0v) is 12.8. The minimum Gasteiger partial charge on any atom is -0.507 e. The summed E-state index contributed by atoms with van der Waals surface area (Å²) in [6.07, 6.45) is -1.14. The molecule has 0 aliphatic rings. The molecule has 2 aromatic carbocycles. The van der Waals surface area contributed by atoms with Crippen molar-refractivity contribution >= 4 is 29.2 Å². The third kappa shape index (κ3) is 4.20. The molecule has 2 aromatic rings. The Balaban J connectivity index is 2.03. The molecule has 7 heteroatoms. The predicted octanol–water partition coefficient (Wildman–Crippen LogP) is 3.37. The summed E-state index contributed by atoms with van der Waals surface area (Å²) >= 11 is 5.81. The second-order valence-corrected chi connectivity index (χ2v) is 5.09. The number of anilines is 1. The molecule has 23 heavy (non-hydrogen) atoms. The molecule has 2 rings (SSSR count). The Hall–Kier alpha value is -2.60. The molecule has 0 fully saturated rings. The number of esters is 1. The maximum Gasteiger partial charge on any atom is 0.342 e. The molecule has 2 N–H and O–H groups in total. The Morgan fingerprint density at radius 1 is 1.26 bits per heavy atom. The number of carbonyl (C=O) groups is 2. The normalized spacial score (nSPS) is 11.6. The van der Waals surface area contributed by atoms with E-state index in [4.69, 9.17) is 16.3 Å². The van der Waals surface area contributed by atoms with Crippen LogP contribution in [0.1, 0.15) is 17.3 Å². The summed E-state index contributed by atoms with van der Waals surface area (Å²) in [4.78, 5) is 23.9. The van der Waals surface area contributed by atoms with Gasteiger partial charge in [-0.25, -0.2) is 9.18 Å². The van der Waals surface area contributed by atoms with Crippen LogP contribution in [0.3, 0.4) is 0 Å². The number of phenols is 1. The Morgan fingerprint density at radius 2 is 1.96 bits per heavy atom. The first-order chi connectivity index (χ1) is 10.9. The fourth-order valence-corrected chi connectivity index (χ4v) is 1.96. The van der Waals surface area contributed by atoms with E-state index in [-0.39, 0.29) is 22.0 Å². The van der Waals surface area contributed by atoms with Gasteiger partial charge in [-0.2, -0.15) is 0 Å². The number of aromatic hydroxyl groups is 1. The number of halogens is 2. The number of para-hydroxylation sites is 1. The summed E-state index contributed by atoms with van der Waals surface area (Å²) in [5.41, 5.74) is 0.149. The molecule has 0 aliphatic carbocycles. The van der Waals surface area contributed by atoms with Gasteiger partial charge < -0.3 is 15.2 Å². The summed E-state index contributed by atoms with van der Waals surface area (Å²) in [6.45, 7) is 1.37. The molecule has 0 aromatic heterocycles. The Kier molecular flexibility index (Phi) is 5.18. The largest absolute Gasteiger partial charge is 0.507 e. The summed E-state index contributed by atoms with van der Waals surface area (Å²) < 4.78 is 17.9. The first-order valence-corrected chi connectivity index (χ1v) is 7.01. The van der Waals surface area contributed by atoms with E-state index in [1.54, 1.807) is 12.1 Å². The van der Waals surface area contributed by atoms with Gasteiger partial charge in [-0.05, 0) is 37.3 Å². The number of carbonyl (C=O) groups excluding carboxylic acids is 2. The third-order valence-electron chi connectivity index (χ3n) is 2.97. The number of hydrogen-bond acceptors (Lipinski definition) is 4. The van der Waals surface area contributed by atoms with Gasteiger partial charge in [0, 0.05) is 0 Å². The van der Waals surface area contributed by atoms with Crippen molar-refractivity contribution < 1.29 is 23.8 Å². The molecule has 1 amide bonds. The highest BCUT2D eigenvalue weighted by Crippen LogP contribution is 2.23. The van der Waals surface area contributed by atoms with Crippen LogP contribution in [0, 0.1) is 5.82 Å². The molecule has 0 saturated heterocycles. The van der Waals surface area contributed by atoms with Crippen LogP contribution in [0.5, 0.6) is 5.75 Å². The molecule has 0 bridgehead atoms. The van der Waals surface area contributed by atoms with Crippen molar-refractivity contribution in [2.75, 3.05) is 5.32 Å². The van der Waals surface area contributed by atoms with E-state index in [1.165, 1.54) is 25.1 Å². The van der Waals surface area contributed by atoms with Crippen LogP contribution in [0.2, 0.25) is 5.02 Å². The lowest BCUT2D eigenvalue weighted by Gasteiger charge is -2.14. The van der Waals surface area contributed by atoms with E-state index in [9.17, 15) is 19.1 Å². The zero-order valence-electron chi connectivity index (χ0n) is 12.0. The van der Waals surface area contributed by atoms with Gasteiger partial charge in [0.25, 0.3) is 5.91 Å². The van der Waals surface area contributed by atoms with Crippen molar-refractivity contribution in [2.24, 2.45) is 0 Å². The van der Waals surface area contributed by atoms with Gasteiger partial charge in [-0.1, -0.05) is 23.7 Å². The molecule has 0 saturated carbocycles. The molecular formula is C16H13ClFNO4. The Labute approximate surface area is 136 Å². The topological polar surface area (TPSA) is 75.6 Å². The standard InChI is InChI=1S/C16H13ClFNO4/c1-9(23-16(22)11-4-2-3-5-14(11)20)15(21)19-13-7-6-10(18)8-12(13)17/h2-9,20H,1H3,(H,19,21)/t9-/m0/s1. The molecule has 1 atom stereocenters. The van der Waals surface area contributed by atoms with Crippen LogP contribution in [0.15, 0.2) is 42.5 Å². The lowest BCUT2D eigenvalue weighted by atomic mass is 10.2. The summed E-state index contributed by atoms with van der Waals surface area (Å²) in [7, 11) is 0. The van der Waals surface area contributed by atoms with Gasteiger partial charge in [0.15, 0.2) is 6.10 Å².